The van der Waals surface area contributed by atoms with Crippen LogP contribution in [0.25, 0.3) is 0 Å². The average Bonchev–Trinajstić information content (AvgIpc) is 2.98. The van der Waals surface area contributed by atoms with Crippen LogP contribution in [0.15, 0.2) is 24.3 Å². The number of hydrogen-bond donors (Lipinski definition) is 0. The minimum absolute atomic E-state index is 0.605. The molecule has 0 aliphatic carbocycles. The van der Waals surface area contributed by atoms with Gasteiger partial charge in [0.1, 0.15) is 10.1 Å². The molecule has 0 amide bonds. The zero-order valence-electron chi connectivity index (χ0n) is 10.7. The molecule has 5 heteroatoms. The summed E-state index contributed by atoms with van der Waals surface area (Å²) in [7, 11) is 0. The number of likely N-dealkylation sites (tertiary alicyclic amines) is 1. The molecule has 0 bridgehead atoms. The fourth-order valence-electron chi connectivity index (χ4n) is 1.93. The van der Waals surface area contributed by atoms with Crippen molar-refractivity contribution in [1.82, 2.24) is 4.90 Å². The first-order chi connectivity index (χ1) is 9.29. The molecule has 1 saturated heterocycles. The number of rotatable bonds is 4. The van der Waals surface area contributed by atoms with Crippen molar-refractivity contribution < 1.29 is 4.74 Å². The molecule has 100 valence electrons. The molecule has 1 aliphatic rings. The summed E-state index contributed by atoms with van der Waals surface area (Å²) in [5.41, 5.74) is 0.623. The number of hydrogen-bond acceptors (Lipinski definition) is 4. The van der Waals surface area contributed by atoms with Gasteiger partial charge in [-0.25, -0.2) is 0 Å². The molecule has 0 N–H and O–H groups in total. The fraction of sp³-hybridized carbons (Fsp3) is 0.429. The highest BCUT2D eigenvalue weighted by atomic mass is 32.2. The number of benzene rings is 1. The first-order valence-electron chi connectivity index (χ1n) is 6.34. The summed E-state index contributed by atoms with van der Waals surface area (Å²) in [4.78, 5) is 2.26. The molecule has 0 atom stereocenters. The molecule has 19 heavy (non-hydrogen) atoms. The molecular formula is C14H16N2OS2. The third-order valence-corrected chi connectivity index (χ3v) is 4.39. The number of thiocarbonyl (C=S) groups is 1. The standard InChI is InChI=1S/C14H16N2OS2/c15-11-12-4-3-5-13(10-12)17-8-9-19-14(18)16-6-1-2-7-16/h3-5,10H,1-2,6-9H2. The smallest absolute Gasteiger partial charge is 0.136 e. The third kappa shape index (κ3) is 4.41. The Labute approximate surface area is 123 Å². The second-order valence-corrected chi connectivity index (χ2v) is 6.03. The second-order valence-electron chi connectivity index (χ2n) is 4.30. The molecule has 3 nitrogen and oxygen atoms in total. The molecule has 0 aromatic heterocycles. The molecule has 1 aromatic rings. The zero-order chi connectivity index (χ0) is 13.5. The number of nitrogens with zero attached hydrogens (tertiary/aromatic N) is 2. The molecule has 2 rings (SSSR count). The maximum Gasteiger partial charge on any atom is 0.136 e. The van der Waals surface area contributed by atoms with Gasteiger partial charge in [-0.2, -0.15) is 5.26 Å². The maximum absolute atomic E-state index is 8.80. The largest absolute Gasteiger partial charge is 0.493 e. The lowest BCUT2D eigenvalue weighted by molar-refractivity contribution is 0.344. The van der Waals surface area contributed by atoms with Crippen LogP contribution in [0.2, 0.25) is 0 Å². The van der Waals surface area contributed by atoms with E-state index in [0.29, 0.717) is 12.2 Å². The van der Waals surface area contributed by atoms with Gasteiger partial charge in [0, 0.05) is 18.8 Å². The lowest BCUT2D eigenvalue weighted by atomic mass is 10.2. The summed E-state index contributed by atoms with van der Waals surface area (Å²) in [6.07, 6.45) is 2.50. The van der Waals surface area contributed by atoms with Gasteiger partial charge in [-0.1, -0.05) is 30.0 Å². The van der Waals surface area contributed by atoms with Gasteiger partial charge in [0.25, 0.3) is 0 Å². The Kier molecular flexibility index (Phi) is 5.49. The molecule has 1 fully saturated rings. The Morgan fingerprint density at radius 3 is 2.95 bits per heavy atom. The van der Waals surface area contributed by atoms with Crippen molar-refractivity contribution in [2.24, 2.45) is 0 Å². The summed E-state index contributed by atoms with van der Waals surface area (Å²) in [6, 6.07) is 9.32. The van der Waals surface area contributed by atoms with Gasteiger partial charge in [-0.05, 0) is 31.0 Å². The van der Waals surface area contributed by atoms with Crippen LogP contribution < -0.4 is 4.74 Å². The Hall–Kier alpha value is -1.25. The van der Waals surface area contributed by atoms with Crippen molar-refractivity contribution >= 4 is 28.3 Å². The van der Waals surface area contributed by atoms with E-state index >= 15 is 0 Å². The molecular weight excluding hydrogens is 276 g/mol. The van der Waals surface area contributed by atoms with E-state index in [1.165, 1.54) is 12.8 Å². The fourth-order valence-corrected chi connectivity index (χ4v) is 3.07. The number of nitriles is 1. The Morgan fingerprint density at radius 2 is 2.21 bits per heavy atom. The van der Waals surface area contributed by atoms with E-state index in [4.69, 9.17) is 22.2 Å². The van der Waals surface area contributed by atoms with Gasteiger partial charge >= 0.3 is 0 Å². The highest BCUT2D eigenvalue weighted by molar-refractivity contribution is 8.22. The number of thioether (sulfide) groups is 1. The quantitative estimate of drug-likeness (QED) is 0.629. The van der Waals surface area contributed by atoms with E-state index in [2.05, 4.69) is 11.0 Å². The van der Waals surface area contributed by atoms with Crippen LogP contribution in [-0.4, -0.2) is 34.7 Å². The van der Waals surface area contributed by atoms with Crippen molar-refractivity contribution in [3.8, 4) is 11.8 Å². The van der Waals surface area contributed by atoms with Crippen LogP contribution >= 0.6 is 24.0 Å². The highest BCUT2D eigenvalue weighted by Crippen LogP contribution is 2.17. The Balaban J connectivity index is 1.68. The zero-order valence-corrected chi connectivity index (χ0v) is 12.3. The lowest BCUT2D eigenvalue weighted by Gasteiger charge is -2.17. The third-order valence-electron chi connectivity index (χ3n) is 2.90. The van der Waals surface area contributed by atoms with E-state index in [1.54, 1.807) is 23.9 Å². The number of ether oxygens (including phenoxy) is 1. The Bertz CT molecular complexity index is 479. The van der Waals surface area contributed by atoms with Crippen molar-refractivity contribution in [2.75, 3.05) is 25.4 Å². The van der Waals surface area contributed by atoms with Gasteiger partial charge in [0.15, 0.2) is 0 Å². The van der Waals surface area contributed by atoms with Crippen molar-refractivity contribution in [3.63, 3.8) is 0 Å². The van der Waals surface area contributed by atoms with Gasteiger partial charge in [-0.15, -0.1) is 0 Å². The van der Waals surface area contributed by atoms with Crippen molar-refractivity contribution in [1.29, 1.82) is 5.26 Å². The van der Waals surface area contributed by atoms with Crippen LogP contribution in [0.3, 0.4) is 0 Å². The maximum atomic E-state index is 8.80. The highest BCUT2D eigenvalue weighted by Gasteiger charge is 2.14. The first kappa shape index (κ1) is 14.2. The minimum Gasteiger partial charge on any atom is -0.493 e. The summed E-state index contributed by atoms with van der Waals surface area (Å²) in [5, 5.41) is 8.80. The van der Waals surface area contributed by atoms with E-state index in [0.717, 1.165) is 28.9 Å². The average molecular weight is 292 g/mol. The molecule has 0 saturated carbocycles. The summed E-state index contributed by atoms with van der Waals surface area (Å²) >= 11 is 7.04. The molecule has 0 spiro atoms. The van der Waals surface area contributed by atoms with Crippen LogP contribution in [-0.2, 0) is 0 Å². The minimum atomic E-state index is 0.605. The predicted molar refractivity (Wildman–Crippen MR) is 82.5 cm³/mol. The topological polar surface area (TPSA) is 36.3 Å². The summed E-state index contributed by atoms with van der Waals surface area (Å²) in [5.74, 6) is 1.58. The van der Waals surface area contributed by atoms with Gasteiger partial charge in [0.05, 0.1) is 18.2 Å². The lowest BCUT2D eigenvalue weighted by Crippen LogP contribution is -2.24. The first-order valence-corrected chi connectivity index (χ1v) is 7.73. The van der Waals surface area contributed by atoms with Crippen molar-refractivity contribution in [2.45, 2.75) is 12.8 Å². The van der Waals surface area contributed by atoms with Gasteiger partial charge in [0.2, 0.25) is 0 Å². The predicted octanol–water partition coefficient (Wildman–Crippen LogP) is 3.05. The monoisotopic (exact) mass is 292 g/mol. The molecule has 0 unspecified atom stereocenters. The van der Waals surface area contributed by atoms with E-state index < -0.39 is 0 Å². The molecule has 1 heterocycles. The van der Waals surface area contributed by atoms with Crippen LogP contribution in [0.1, 0.15) is 18.4 Å². The normalized spacial score (nSPS) is 14.2. The van der Waals surface area contributed by atoms with Crippen LogP contribution in [0.4, 0.5) is 0 Å². The molecule has 1 aliphatic heterocycles. The SMILES string of the molecule is N#Cc1cccc(OCCSC(=S)N2CCCC2)c1. The van der Waals surface area contributed by atoms with E-state index in [-0.39, 0.29) is 0 Å². The van der Waals surface area contributed by atoms with Crippen LogP contribution in [0, 0.1) is 11.3 Å². The van der Waals surface area contributed by atoms with Crippen LogP contribution in [0.5, 0.6) is 5.75 Å². The van der Waals surface area contributed by atoms with Crippen molar-refractivity contribution in [3.05, 3.63) is 29.8 Å². The summed E-state index contributed by atoms with van der Waals surface area (Å²) < 4.78 is 6.59. The molecule has 1 aromatic carbocycles. The van der Waals surface area contributed by atoms with E-state index in [1.807, 2.05) is 12.1 Å². The molecule has 0 radical (unpaired) electrons. The Morgan fingerprint density at radius 1 is 1.42 bits per heavy atom. The second kappa shape index (κ2) is 7.37. The van der Waals surface area contributed by atoms with Gasteiger partial charge < -0.3 is 9.64 Å². The summed E-state index contributed by atoms with van der Waals surface area (Å²) in [6.45, 7) is 2.79. The van der Waals surface area contributed by atoms with E-state index in [9.17, 15) is 0 Å². The van der Waals surface area contributed by atoms with Gasteiger partial charge in [-0.3, -0.25) is 0 Å².